The van der Waals surface area contributed by atoms with Gasteiger partial charge in [0.05, 0.1) is 22.6 Å². The fourth-order valence-electron chi connectivity index (χ4n) is 2.90. The molecule has 0 spiro atoms. The fourth-order valence-corrected chi connectivity index (χ4v) is 3.15. The normalized spacial score (nSPS) is 15.1. The number of hydrogen-bond acceptors (Lipinski definition) is 5. The molecule has 1 amide bonds. The third-order valence-corrected chi connectivity index (χ3v) is 4.71. The number of nitrogens with two attached hydrogens (primary N) is 2. The lowest BCUT2D eigenvalue weighted by atomic mass is 10.1. The second kappa shape index (κ2) is 7.50. The molecule has 0 fully saturated rings. The van der Waals surface area contributed by atoms with Gasteiger partial charge in [-0.1, -0.05) is 41.9 Å². The van der Waals surface area contributed by atoms with Crippen LogP contribution in [0, 0.1) is 0 Å². The number of halogens is 1. The van der Waals surface area contributed by atoms with E-state index in [-0.39, 0.29) is 16.5 Å². The lowest BCUT2D eigenvalue weighted by Gasteiger charge is -2.07. The molecule has 1 aliphatic heterocycles. The molecule has 7 nitrogen and oxygen atoms in total. The molecule has 2 aromatic carbocycles. The molecule has 4 rings (SSSR count). The van der Waals surface area contributed by atoms with Gasteiger partial charge in [0, 0.05) is 10.6 Å². The van der Waals surface area contributed by atoms with Crippen LogP contribution in [0.5, 0.6) is 0 Å². The van der Waals surface area contributed by atoms with Crippen molar-refractivity contribution in [2.45, 2.75) is 0 Å². The summed E-state index contributed by atoms with van der Waals surface area (Å²) in [5, 5.41) is 9.99. The first kappa shape index (κ1) is 18.9. The minimum absolute atomic E-state index is 0.0386. The highest BCUT2D eigenvalue weighted by molar-refractivity contribution is 7.80. The van der Waals surface area contributed by atoms with Gasteiger partial charge in [-0.3, -0.25) is 4.79 Å². The number of benzene rings is 2. The van der Waals surface area contributed by atoms with Crippen LogP contribution in [0.2, 0.25) is 5.02 Å². The Kier molecular flexibility index (Phi) is 4.87. The molecule has 144 valence electrons. The average molecular weight is 423 g/mol. The van der Waals surface area contributed by atoms with E-state index in [9.17, 15) is 4.79 Å². The number of nitrogens with zero attached hydrogens (tertiary/aromatic N) is 4. The molecule has 0 saturated carbocycles. The van der Waals surface area contributed by atoms with Crippen LogP contribution in [0.15, 0.2) is 71.3 Å². The van der Waals surface area contributed by atoms with Crippen molar-refractivity contribution in [2.75, 3.05) is 0 Å². The lowest BCUT2D eigenvalue weighted by molar-refractivity contribution is -0.122. The van der Waals surface area contributed by atoms with Crippen molar-refractivity contribution >= 4 is 46.8 Å². The molecule has 4 N–H and O–H groups in total. The zero-order chi connectivity index (χ0) is 20.5. The van der Waals surface area contributed by atoms with Gasteiger partial charge in [0.15, 0.2) is 10.9 Å². The number of hydrogen-bond donors (Lipinski definition) is 2. The van der Waals surface area contributed by atoms with Crippen LogP contribution in [-0.4, -0.2) is 31.6 Å². The molecule has 1 aromatic heterocycles. The van der Waals surface area contributed by atoms with E-state index in [1.807, 2.05) is 48.5 Å². The van der Waals surface area contributed by atoms with E-state index in [1.54, 1.807) is 22.9 Å². The molecular formula is C20H15ClN6OS. The lowest BCUT2D eigenvalue weighted by Crippen LogP contribution is -2.33. The minimum atomic E-state index is -0.483. The second-order valence-corrected chi connectivity index (χ2v) is 7.06. The number of para-hydroxylation sites is 1. The summed E-state index contributed by atoms with van der Waals surface area (Å²) in [6.45, 7) is 0. The second-order valence-electron chi connectivity index (χ2n) is 6.21. The SMILES string of the molecule is NC(=S)N1N=C(N)/C(=C/c2cc(-c3ccc(Cl)cc3)nn2-c2ccccc2)C1=O. The van der Waals surface area contributed by atoms with Gasteiger partial charge >= 0.3 is 0 Å². The molecule has 0 aliphatic carbocycles. The number of carbonyl (C=O) groups excluding carboxylic acids is 1. The summed E-state index contributed by atoms with van der Waals surface area (Å²) in [6, 6.07) is 18.7. The third kappa shape index (κ3) is 3.63. The number of amides is 1. The summed E-state index contributed by atoms with van der Waals surface area (Å²) in [7, 11) is 0. The van der Waals surface area contributed by atoms with Gasteiger partial charge in [-0.05, 0) is 48.6 Å². The molecule has 3 aromatic rings. The quantitative estimate of drug-likeness (QED) is 0.499. The molecule has 0 atom stereocenters. The first-order valence-corrected chi connectivity index (χ1v) is 9.34. The van der Waals surface area contributed by atoms with Crippen molar-refractivity contribution < 1.29 is 4.79 Å². The highest BCUT2D eigenvalue weighted by atomic mass is 35.5. The highest BCUT2D eigenvalue weighted by Crippen LogP contribution is 2.26. The highest BCUT2D eigenvalue weighted by Gasteiger charge is 2.30. The Morgan fingerprint density at radius 3 is 2.41 bits per heavy atom. The summed E-state index contributed by atoms with van der Waals surface area (Å²) < 4.78 is 1.72. The molecule has 1 aliphatic rings. The van der Waals surface area contributed by atoms with E-state index in [2.05, 4.69) is 5.10 Å². The zero-order valence-corrected chi connectivity index (χ0v) is 16.6. The van der Waals surface area contributed by atoms with Gasteiger partial charge in [0.2, 0.25) is 0 Å². The number of carbonyl (C=O) groups is 1. The van der Waals surface area contributed by atoms with Crippen LogP contribution in [-0.2, 0) is 4.79 Å². The Hall–Kier alpha value is -3.49. The maximum Gasteiger partial charge on any atom is 0.284 e. The topological polar surface area (TPSA) is 103 Å². The maximum absolute atomic E-state index is 12.6. The minimum Gasteiger partial charge on any atom is -0.382 e. The maximum atomic E-state index is 12.6. The van der Waals surface area contributed by atoms with Crippen molar-refractivity contribution in [1.29, 1.82) is 0 Å². The van der Waals surface area contributed by atoms with Crippen molar-refractivity contribution in [3.05, 3.63) is 77.0 Å². The predicted molar refractivity (Wildman–Crippen MR) is 117 cm³/mol. The van der Waals surface area contributed by atoms with E-state index < -0.39 is 5.91 Å². The van der Waals surface area contributed by atoms with Gasteiger partial charge in [-0.15, -0.1) is 5.10 Å². The average Bonchev–Trinajstić information content (AvgIpc) is 3.26. The summed E-state index contributed by atoms with van der Waals surface area (Å²) in [6.07, 6.45) is 1.62. The molecule has 0 radical (unpaired) electrons. The van der Waals surface area contributed by atoms with Gasteiger partial charge in [-0.25, -0.2) is 4.68 Å². The van der Waals surface area contributed by atoms with Crippen LogP contribution in [0.3, 0.4) is 0 Å². The van der Waals surface area contributed by atoms with Crippen molar-refractivity contribution in [3.8, 4) is 16.9 Å². The van der Waals surface area contributed by atoms with Gasteiger partial charge < -0.3 is 11.5 Å². The molecule has 29 heavy (non-hydrogen) atoms. The summed E-state index contributed by atoms with van der Waals surface area (Å²) >= 11 is 10.8. The van der Waals surface area contributed by atoms with E-state index >= 15 is 0 Å². The Morgan fingerprint density at radius 2 is 1.79 bits per heavy atom. The van der Waals surface area contributed by atoms with Crippen LogP contribution in [0.25, 0.3) is 23.0 Å². The molecule has 2 heterocycles. The van der Waals surface area contributed by atoms with Gasteiger partial charge in [0.25, 0.3) is 5.91 Å². The monoisotopic (exact) mass is 422 g/mol. The van der Waals surface area contributed by atoms with Crippen molar-refractivity contribution in [2.24, 2.45) is 16.6 Å². The van der Waals surface area contributed by atoms with Crippen molar-refractivity contribution in [1.82, 2.24) is 14.8 Å². The van der Waals surface area contributed by atoms with E-state index in [4.69, 9.17) is 40.4 Å². The van der Waals surface area contributed by atoms with Crippen LogP contribution >= 0.6 is 23.8 Å². The van der Waals surface area contributed by atoms with Crippen LogP contribution in [0.4, 0.5) is 0 Å². The number of thiocarbonyl (C=S) groups is 1. The van der Waals surface area contributed by atoms with Crippen molar-refractivity contribution in [3.63, 3.8) is 0 Å². The van der Waals surface area contributed by atoms with E-state index in [0.29, 0.717) is 16.4 Å². The zero-order valence-electron chi connectivity index (χ0n) is 15.0. The largest absolute Gasteiger partial charge is 0.382 e. The Morgan fingerprint density at radius 1 is 1.10 bits per heavy atom. The molecule has 0 unspecified atom stereocenters. The number of aromatic nitrogens is 2. The number of hydrazone groups is 1. The summed E-state index contributed by atoms with van der Waals surface area (Å²) in [4.78, 5) is 12.6. The van der Waals surface area contributed by atoms with Crippen LogP contribution in [0.1, 0.15) is 5.69 Å². The summed E-state index contributed by atoms with van der Waals surface area (Å²) in [5.74, 6) is -0.444. The Balaban J connectivity index is 1.84. The first-order chi connectivity index (χ1) is 13.9. The van der Waals surface area contributed by atoms with Crippen LogP contribution < -0.4 is 11.5 Å². The fraction of sp³-hybridized carbons (Fsp3) is 0. The summed E-state index contributed by atoms with van der Waals surface area (Å²) in [5.41, 5.74) is 14.7. The Labute approximate surface area is 176 Å². The molecule has 0 saturated heterocycles. The molecule has 9 heteroatoms. The third-order valence-electron chi connectivity index (χ3n) is 4.29. The smallest absolute Gasteiger partial charge is 0.284 e. The Bertz CT molecular complexity index is 1170. The number of amidine groups is 1. The predicted octanol–water partition coefficient (Wildman–Crippen LogP) is 2.93. The standard InChI is InChI=1S/C20H15ClN6OS/c21-13-8-6-12(7-9-13)17-11-15(26(24-17)14-4-2-1-3-5-14)10-16-18(22)25-27(19(16)28)20(23)29/h1-11H,(H2,22,25)(H2,23,29)/b16-10-. The van der Waals surface area contributed by atoms with E-state index in [0.717, 1.165) is 16.3 Å². The number of rotatable bonds is 3. The first-order valence-electron chi connectivity index (χ1n) is 8.55. The molecule has 0 bridgehead atoms. The molecular weight excluding hydrogens is 408 g/mol. The van der Waals surface area contributed by atoms with Gasteiger partial charge in [0.1, 0.15) is 0 Å². The van der Waals surface area contributed by atoms with E-state index in [1.165, 1.54) is 0 Å². The van der Waals surface area contributed by atoms with Gasteiger partial charge in [-0.2, -0.15) is 10.1 Å².